The quantitative estimate of drug-likeness (QED) is 0.421. The van der Waals surface area contributed by atoms with Crippen LogP contribution in [-0.4, -0.2) is 24.7 Å². The van der Waals surface area contributed by atoms with Gasteiger partial charge in [-0.25, -0.2) is 9.97 Å². The Balaban J connectivity index is 1.76. The number of aryl methyl sites for hydroxylation is 1. The fourth-order valence-corrected chi connectivity index (χ4v) is 3.91. The fourth-order valence-electron chi connectivity index (χ4n) is 3.91. The van der Waals surface area contributed by atoms with Gasteiger partial charge in [-0.05, 0) is 36.8 Å². The van der Waals surface area contributed by atoms with Gasteiger partial charge in [-0.2, -0.15) is 0 Å². The molecular weight excluding hydrogens is 362 g/mol. The lowest BCUT2D eigenvalue weighted by Gasteiger charge is -2.09. The molecular formula is C23H15N5O. The third-order valence-electron chi connectivity index (χ3n) is 5.21. The first-order chi connectivity index (χ1) is 14.3. The molecule has 29 heavy (non-hydrogen) atoms. The summed E-state index contributed by atoms with van der Waals surface area (Å²) < 4.78 is 8.27. The highest BCUT2D eigenvalue weighted by Crippen LogP contribution is 2.38. The lowest BCUT2D eigenvalue weighted by molar-refractivity contribution is 0.669. The fraction of sp³-hybridized carbons (Fsp3) is 0.0435. The molecule has 0 saturated carbocycles. The molecule has 0 aliphatic heterocycles. The van der Waals surface area contributed by atoms with Crippen molar-refractivity contribution >= 4 is 33.2 Å². The summed E-state index contributed by atoms with van der Waals surface area (Å²) in [5.74, 6) is 0.725. The third kappa shape index (κ3) is 2.29. The number of para-hydroxylation sites is 2. The molecule has 0 bridgehead atoms. The van der Waals surface area contributed by atoms with Crippen molar-refractivity contribution in [3.63, 3.8) is 0 Å². The summed E-state index contributed by atoms with van der Waals surface area (Å²) in [5, 5.41) is 10.5. The lowest BCUT2D eigenvalue weighted by Crippen LogP contribution is -1.99. The summed E-state index contributed by atoms with van der Waals surface area (Å²) in [6.07, 6.45) is 1.42. The number of fused-ring (bicyclic) bond motifs is 4. The van der Waals surface area contributed by atoms with E-state index in [0.717, 1.165) is 44.6 Å². The van der Waals surface area contributed by atoms with Crippen LogP contribution in [0.5, 0.6) is 0 Å². The van der Waals surface area contributed by atoms with Crippen LogP contribution in [0.1, 0.15) is 5.56 Å². The van der Waals surface area contributed by atoms with Gasteiger partial charge in [0.25, 0.3) is 0 Å². The molecule has 6 aromatic rings. The maximum Gasteiger partial charge on any atom is 0.206 e. The summed E-state index contributed by atoms with van der Waals surface area (Å²) in [4.78, 5) is 9.12. The first-order valence-electron chi connectivity index (χ1n) is 9.34. The molecule has 0 N–H and O–H groups in total. The first-order valence-corrected chi connectivity index (χ1v) is 9.34. The number of hydrogen-bond acceptors (Lipinski definition) is 5. The smallest absolute Gasteiger partial charge is 0.206 e. The zero-order valence-electron chi connectivity index (χ0n) is 15.6. The number of benzene rings is 3. The highest BCUT2D eigenvalue weighted by Gasteiger charge is 2.21. The molecule has 3 aromatic heterocycles. The van der Waals surface area contributed by atoms with Gasteiger partial charge in [-0.15, -0.1) is 10.2 Å². The molecule has 138 valence electrons. The summed E-state index contributed by atoms with van der Waals surface area (Å²) in [6, 6.07) is 22.2. The second-order valence-corrected chi connectivity index (χ2v) is 6.95. The van der Waals surface area contributed by atoms with E-state index < -0.39 is 0 Å². The molecule has 0 amide bonds. The van der Waals surface area contributed by atoms with Crippen molar-refractivity contribution in [3.05, 3.63) is 78.6 Å². The minimum absolute atomic E-state index is 0.545. The van der Waals surface area contributed by atoms with Crippen molar-refractivity contribution in [2.45, 2.75) is 6.92 Å². The molecule has 3 heterocycles. The topological polar surface area (TPSA) is 69.6 Å². The van der Waals surface area contributed by atoms with Gasteiger partial charge < -0.3 is 4.42 Å². The van der Waals surface area contributed by atoms with Crippen LogP contribution < -0.4 is 0 Å². The highest BCUT2D eigenvalue weighted by molar-refractivity contribution is 6.11. The summed E-state index contributed by atoms with van der Waals surface area (Å²) in [7, 11) is 0. The van der Waals surface area contributed by atoms with Crippen LogP contribution >= 0.6 is 0 Å². The van der Waals surface area contributed by atoms with Gasteiger partial charge in [0.2, 0.25) is 11.3 Å². The average molecular weight is 377 g/mol. The van der Waals surface area contributed by atoms with Gasteiger partial charge in [-0.3, -0.25) is 4.57 Å². The molecule has 0 saturated heterocycles. The minimum Gasteiger partial charge on any atom is -0.455 e. The molecule has 0 radical (unpaired) electrons. The summed E-state index contributed by atoms with van der Waals surface area (Å²) in [5.41, 5.74) is 5.82. The van der Waals surface area contributed by atoms with Gasteiger partial charge in [0.1, 0.15) is 17.5 Å². The number of hydrogen-bond donors (Lipinski definition) is 0. The van der Waals surface area contributed by atoms with E-state index in [4.69, 9.17) is 9.40 Å². The van der Waals surface area contributed by atoms with E-state index in [1.807, 2.05) is 59.2 Å². The Morgan fingerprint density at radius 3 is 2.62 bits per heavy atom. The second-order valence-electron chi connectivity index (χ2n) is 6.95. The van der Waals surface area contributed by atoms with Crippen molar-refractivity contribution in [1.29, 1.82) is 0 Å². The largest absolute Gasteiger partial charge is 0.455 e. The Bertz CT molecular complexity index is 1510. The molecule has 0 aliphatic rings. The van der Waals surface area contributed by atoms with E-state index in [9.17, 15) is 0 Å². The molecule has 0 unspecified atom stereocenters. The number of nitrogens with zero attached hydrogens (tertiary/aromatic N) is 5. The van der Waals surface area contributed by atoms with Crippen molar-refractivity contribution in [2.75, 3.05) is 0 Å². The van der Waals surface area contributed by atoms with E-state index in [0.29, 0.717) is 11.3 Å². The van der Waals surface area contributed by atoms with E-state index in [1.165, 1.54) is 6.33 Å². The summed E-state index contributed by atoms with van der Waals surface area (Å²) in [6.45, 7) is 2.10. The van der Waals surface area contributed by atoms with Gasteiger partial charge in [-0.1, -0.05) is 42.5 Å². The standard InChI is InChI=1S/C23H15N5O/c1-14-11-12-17(20-19(14)16-9-5-6-10-18(16)29-20)22-26-21-23(27-25-13-24-21)28(22)15-7-3-2-4-8-15/h2-13H,1H3. The van der Waals surface area contributed by atoms with E-state index >= 15 is 0 Å². The number of aromatic nitrogens is 5. The average Bonchev–Trinajstić information content (AvgIpc) is 3.34. The van der Waals surface area contributed by atoms with E-state index in [2.05, 4.69) is 34.2 Å². The van der Waals surface area contributed by atoms with Crippen LogP contribution in [0.25, 0.3) is 50.3 Å². The number of furan rings is 1. The van der Waals surface area contributed by atoms with Crippen LogP contribution in [0.4, 0.5) is 0 Å². The van der Waals surface area contributed by atoms with Crippen LogP contribution in [0.3, 0.4) is 0 Å². The Hall–Kier alpha value is -4.06. The van der Waals surface area contributed by atoms with Crippen LogP contribution in [0.2, 0.25) is 0 Å². The first kappa shape index (κ1) is 15.9. The molecule has 6 heteroatoms. The van der Waals surface area contributed by atoms with Crippen molar-refractivity contribution in [3.8, 4) is 17.1 Å². The Kier molecular flexibility index (Phi) is 3.28. The molecule has 0 atom stereocenters. The van der Waals surface area contributed by atoms with Crippen molar-refractivity contribution < 1.29 is 4.42 Å². The lowest BCUT2D eigenvalue weighted by atomic mass is 10.0. The minimum atomic E-state index is 0.545. The maximum absolute atomic E-state index is 6.30. The van der Waals surface area contributed by atoms with E-state index in [1.54, 1.807) is 0 Å². The third-order valence-corrected chi connectivity index (χ3v) is 5.21. The Labute approximate surface area is 165 Å². The van der Waals surface area contributed by atoms with Crippen LogP contribution in [0.15, 0.2) is 77.5 Å². The van der Waals surface area contributed by atoms with Crippen LogP contribution in [0, 0.1) is 6.92 Å². The molecule has 0 spiro atoms. The Morgan fingerprint density at radius 2 is 1.72 bits per heavy atom. The molecule has 6 nitrogen and oxygen atoms in total. The molecule has 3 aromatic carbocycles. The molecule has 6 rings (SSSR count). The van der Waals surface area contributed by atoms with Gasteiger partial charge in [0.05, 0.1) is 5.56 Å². The normalized spacial score (nSPS) is 11.6. The number of imidazole rings is 1. The maximum atomic E-state index is 6.30. The Morgan fingerprint density at radius 1 is 0.897 bits per heavy atom. The van der Waals surface area contributed by atoms with Crippen LogP contribution in [-0.2, 0) is 0 Å². The van der Waals surface area contributed by atoms with Gasteiger partial charge in [0.15, 0.2) is 5.82 Å². The van der Waals surface area contributed by atoms with Crippen molar-refractivity contribution in [2.24, 2.45) is 0 Å². The molecule has 0 fully saturated rings. The monoisotopic (exact) mass is 377 g/mol. The van der Waals surface area contributed by atoms with E-state index in [-0.39, 0.29) is 0 Å². The predicted octanol–water partition coefficient (Wildman–Crippen LogP) is 5.09. The predicted molar refractivity (Wildman–Crippen MR) is 112 cm³/mol. The second kappa shape index (κ2) is 5.97. The number of rotatable bonds is 2. The zero-order valence-corrected chi connectivity index (χ0v) is 15.6. The van der Waals surface area contributed by atoms with Gasteiger partial charge in [0, 0.05) is 16.5 Å². The summed E-state index contributed by atoms with van der Waals surface area (Å²) >= 11 is 0. The zero-order chi connectivity index (χ0) is 19.4. The van der Waals surface area contributed by atoms with Crippen molar-refractivity contribution in [1.82, 2.24) is 24.7 Å². The van der Waals surface area contributed by atoms with Gasteiger partial charge >= 0.3 is 0 Å². The molecule has 0 aliphatic carbocycles. The highest BCUT2D eigenvalue weighted by atomic mass is 16.3. The SMILES string of the molecule is Cc1ccc(-c2nc3ncnnc3n2-c2ccccc2)c2oc3ccccc3c12.